The minimum atomic E-state index is -0.408. The summed E-state index contributed by atoms with van der Waals surface area (Å²) >= 11 is 8.24. The highest BCUT2D eigenvalue weighted by Crippen LogP contribution is 2.25. The zero-order valence-electron chi connectivity index (χ0n) is 13.8. The van der Waals surface area contributed by atoms with Crippen LogP contribution in [0.4, 0.5) is 21.3 Å². The van der Waals surface area contributed by atoms with Crippen molar-refractivity contribution in [2.45, 2.75) is 4.34 Å². The van der Waals surface area contributed by atoms with Crippen LogP contribution in [0.1, 0.15) is 0 Å². The normalized spacial score (nSPS) is 10.3. The maximum atomic E-state index is 12.0. The Balaban J connectivity index is 1.45. The third-order valence-corrected chi connectivity index (χ3v) is 5.34. The van der Waals surface area contributed by atoms with E-state index in [1.54, 1.807) is 36.4 Å². The van der Waals surface area contributed by atoms with Gasteiger partial charge in [-0.05, 0) is 36.4 Å². The van der Waals surface area contributed by atoms with Crippen LogP contribution in [0.15, 0.2) is 58.9 Å². The molecule has 0 radical (unpaired) electrons. The highest BCUT2D eigenvalue weighted by Gasteiger charge is 2.11. The number of aromatic nitrogens is 2. The van der Waals surface area contributed by atoms with E-state index in [1.165, 1.54) is 23.1 Å². The van der Waals surface area contributed by atoms with E-state index in [4.69, 9.17) is 11.6 Å². The highest BCUT2D eigenvalue weighted by atomic mass is 35.5. The number of thioether (sulfide) groups is 1. The fourth-order valence-corrected chi connectivity index (χ4v) is 3.63. The summed E-state index contributed by atoms with van der Waals surface area (Å²) in [5.41, 5.74) is 1.34. The number of nitrogens with zero attached hydrogens (tertiary/aromatic N) is 2. The summed E-state index contributed by atoms with van der Waals surface area (Å²) in [5, 5.41) is 16.9. The predicted octanol–water partition coefficient (Wildman–Crippen LogP) is 4.57. The Hall–Kier alpha value is -2.62. The molecule has 7 nitrogen and oxygen atoms in total. The van der Waals surface area contributed by atoms with E-state index in [0.29, 0.717) is 25.9 Å². The highest BCUT2D eigenvalue weighted by molar-refractivity contribution is 8.01. The molecule has 0 bridgehead atoms. The molecule has 27 heavy (non-hydrogen) atoms. The van der Waals surface area contributed by atoms with Gasteiger partial charge in [-0.1, -0.05) is 52.9 Å². The lowest BCUT2D eigenvalue weighted by atomic mass is 10.3. The van der Waals surface area contributed by atoms with Crippen molar-refractivity contribution in [3.63, 3.8) is 0 Å². The van der Waals surface area contributed by atoms with Crippen molar-refractivity contribution in [1.82, 2.24) is 10.2 Å². The zero-order valence-corrected chi connectivity index (χ0v) is 16.2. The van der Waals surface area contributed by atoms with Crippen LogP contribution in [0.3, 0.4) is 0 Å². The largest absolute Gasteiger partial charge is 0.325 e. The first-order valence-electron chi connectivity index (χ1n) is 7.73. The maximum absolute atomic E-state index is 12.0. The van der Waals surface area contributed by atoms with Crippen molar-refractivity contribution in [2.75, 3.05) is 21.7 Å². The molecule has 10 heteroatoms. The SMILES string of the molecule is O=C(CSc1nnc(NC(=O)Nc2ccccc2)s1)Nc1ccc(Cl)cc1. The van der Waals surface area contributed by atoms with Gasteiger partial charge in [0.05, 0.1) is 5.75 Å². The van der Waals surface area contributed by atoms with E-state index in [2.05, 4.69) is 26.1 Å². The van der Waals surface area contributed by atoms with Crippen LogP contribution < -0.4 is 16.0 Å². The van der Waals surface area contributed by atoms with Gasteiger partial charge in [-0.3, -0.25) is 10.1 Å². The number of anilines is 3. The molecule has 0 spiro atoms. The number of hydrogen-bond acceptors (Lipinski definition) is 6. The Bertz CT molecular complexity index is 919. The van der Waals surface area contributed by atoms with Crippen molar-refractivity contribution in [3.8, 4) is 0 Å². The summed E-state index contributed by atoms with van der Waals surface area (Å²) in [4.78, 5) is 23.9. The lowest BCUT2D eigenvalue weighted by Gasteiger charge is -2.04. The third-order valence-electron chi connectivity index (χ3n) is 3.11. The van der Waals surface area contributed by atoms with Gasteiger partial charge in [0, 0.05) is 16.4 Å². The fraction of sp³-hybridized carbons (Fsp3) is 0.0588. The Labute approximate surface area is 168 Å². The monoisotopic (exact) mass is 419 g/mol. The van der Waals surface area contributed by atoms with Crippen LogP contribution in [0, 0.1) is 0 Å². The topological polar surface area (TPSA) is 96.0 Å². The molecule has 0 fully saturated rings. The molecule has 0 saturated heterocycles. The number of carbonyl (C=O) groups excluding carboxylic acids is 2. The van der Waals surface area contributed by atoms with Crippen LogP contribution >= 0.6 is 34.7 Å². The maximum Gasteiger partial charge on any atom is 0.325 e. The number of nitrogens with one attached hydrogen (secondary N) is 3. The molecular weight excluding hydrogens is 406 g/mol. The Morgan fingerprint density at radius 3 is 2.37 bits per heavy atom. The first-order valence-corrected chi connectivity index (χ1v) is 9.91. The lowest BCUT2D eigenvalue weighted by Crippen LogP contribution is -2.19. The molecule has 1 aromatic heterocycles. The smallest absolute Gasteiger partial charge is 0.325 e. The molecular formula is C17H14ClN5O2S2. The quantitative estimate of drug-likeness (QED) is 0.402. The minimum Gasteiger partial charge on any atom is -0.325 e. The number of benzene rings is 2. The van der Waals surface area contributed by atoms with Crippen molar-refractivity contribution in [2.24, 2.45) is 0 Å². The van der Waals surface area contributed by atoms with E-state index >= 15 is 0 Å². The van der Waals surface area contributed by atoms with Crippen molar-refractivity contribution < 1.29 is 9.59 Å². The third kappa shape index (κ3) is 6.24. The lowest BCUT2D eigenvalue weighted by molar-refractivity contribution is -0.113. The molecule has 3 rings (SSSR count). The average molecular weight is 420 g/mol. The molecule has 3 aromatic rings. The van der Waals surface area contributed by atoms with Gasteiger partial charge in [0.1, 0.15) is 0 Å². The van der Waals surface area contributed by atoms with E-state index < -0.39 is 6.03 Å². The van der Waals surface area contributed by atoms with Crippen molar-refractivity contribution in [3.05, 3.63) is 59.6 Å². The molecule has 0 aliphatic carbocycles. The van der Waals surface area contributed by atoms with Gasteiger partial charge in [0.15, 0.2) is 4.34 Å². The first kappa shape index (κ1) is 19.2. The van der Waals surface area contributed by atoms with Gasteiger partial charge in [-0.15, -0.1) is 10.2 Å². The molecule has 2 aromatic carbocycles. The molecule has 0 aliphatic rings. The van der Waals surface area contributed by atoms with E-state index in [9.17, 15) is 9.59 Å². The minimum absolute atomic E-state index is 0.172. The second kappa shape index (κ2) is 9.36. The summed E-state index contributed by atoms with van der Waals surface area (Å²) in [5.74, 6) is 0.00172. The molecule has 0 atom stereocenters. The second-order valence-electron chi connectivity index (χ2n) is 5.16. The number of carbonyl (C=O) groups is 2. The van der Waals surface area contributed by atoms with Crippen LogP contribution in [-0.4, -0.2) is 27.9 Å². The summed E-state index contributed by atoms with van der Waals surface area (Å²) in [6.45, 7) is 0. The summed E-state index contributed by atoms with van der Waals surface area (Å²) in [6, 6.07) is 15.5. The van der Waals surface area contributed by atoms with Gasteiger partial charge in [0.2, 0.25) is 11.0 Å². The van der Waals surface area contributed by atoms with Gasteiger partial charge in [-0.25, -0.2) is 4.79 Å². The van der Waals surface area contributed by atoms with E-state index in [1.807, 2.05) is 18.2 Å². The predicted molar refractivity (Wildman–Crippen MR) is 110 cm³/mol. The van der Waals surface area contributed by atoms with Gasteiger partial charge in [-0.2, -0.15) is 0 Å². The average Bonchev–Trinajstić information content (AvgIpc) is 3.10. The number of urea groups is 1. The first-order chi connectivity index (χ1) is 13.1. The number of para-hydroxylation sites is 1. The fourth-order valence-electron chi connectivity index (χ4n) is 1.96. The van der Waals surface area contributed by atoms with Crippen LogP contribution in [0.2, 0.25) is 5.02 Å². The van der Waals surface area contributed by atoms with Gasteiger partial charge >= 0.3 is 6.03 Å². The molecule has 138 valence electrons. The summed E-state index contributed by atoms with van der Waals surface area (Å²) in [7, 11) is 0. The van der Waals surface area contributed by atoms with Crippen LogP contribution in [0.25, 0.3) is 0 Å². The summed E-state index contributed by atoms with van der Waals surface area (Å²) in [6.07, 6.45) is 0. The second-order valence-corrected chi connectivity index (χ2v) is 7.80. The number of halogens is 1. The Morgan fingerprint density at radius 2 is 1.63 bits per heavy atom. The summed E-state index contributed by atoms with van der Waals surface area (Å²) < 4.78 is 0.580. The molecule has 3 N–H and O–H groups in total. The standard InChI is InChI=1S/C17H14ClN5O2S2/c18-11-6-8-13(9-7-11)19-14(24)10-26-17-23-22-16(27-17)21-15(25)20-12-4-2-1-3-5-12/h1-9H,10H2,(H,19,24)(H2,20,21,22,25). The number of amides is 3. The van der Waals surface area contributed by atoms with Crippen LogP contribution in [-0.2, 0) is 4.79 Å². The Morgan fingerprint density at radius 1 is 0.926 bits per heavy atom. The van der Waals surface area contributed by atoms with Crippen molar-refractivity contribution in [1.29, 1.82) is 0 Å². The number of hydrogen-bond donors (Lipinski definition) is 3. The van der Waals surface area contributed by atoms with Crippen LogP contribution in [0.5, 0.6) is 0 Å². The Kier molecular flexibility index (Phi) is 6.64. The van der Waals surface area contributed by atoms with Gasteiger partial charge < -0.3 is 10.6 Å². The van der Waals surface area contributed by atoms with E-state index in [0.717, 1.165) is 0 Å². The molecule has 3 amide bonds. The molecule has 0 aliphatic heterocycles. The van der Waals surface area contributed by atoms with E-state index in [-0.39, 0.29) is 11.7 Å². The number of rotatable bonds is 6. The van der Waals surface area contributed by atoms with Gasteiger partial charge in [0.25, 0.3) is 0 Å². The molecule has 1 heterocycles. The molecule has 0 saturated carbocycles. The molecule has 0 unspecified atom stereocenters. The zero-order chi connectivity index (χ0) is 19.1. The van der Waals surface area contributed by atoms with Crippen molar-refractivity contribution >= 4 is 63.1 Å².